The highest BCUT2D eigenvalue weighted by molar-refractivity contribution is 5.97. The largest absolute Gasteiger partial charge is 0.395 e. The lowest BCUT2D eigenvalue weighted by molar-refractivity contribution is 0.0917. The van der Waals surface area contributed by atoms with Crippen molar-refractivity contribution in [2.75, 3.05) is 5.73 Å². The summed E-state index contributed by atoms with van der Waals surface area (Å²) < 4.78 is 0. The summed E-state index contributed by atoms with van der Waals surface area (Å²) in [6.07, 6.45) is 7.90. The van der Waals surface area contributed by atoms with Crippen LogP contribution in [0.15, 0.2) is 0 Å². The van der Waals surface area contributed by atoms with E-state index in [9.17, 15) is 4.79 Å². The van der Waals surface area contributed by atoms with E-state index in [1.165, 1.54) is 25.7 Å². The molecule has 4 N–H and O–H groups in total. The second kappa shape index (κ2) is 6.77. The summed E-state index contributed by atoms with van der Waals surface area (Å²) in [4.78, 5) is 12.2. The minimum Gasteiger partial charge on any atom is -0.395 e. The first-order chi connectivity index (χ1) is 9.65. The average molecular weight is 278 g/mol. The van der Waals surface area contributed by atoms with E-state index in [2.05, 4.69) is 22.4 Å². The van der Waals surface area contributed by atoms with Gasteiger partial charge in [-0.2, -0.15) is 5.10 Å². The molecule has 1 saturated carbocycles. The number of nitrogens with zero attached hydrogens (tertiary/aromatic N) is 1. The first kappa shape index (κ1) is 14.9. The normalized spacial score (nSPS) is 22.7. The molecule has 2 rings (SSSR count). The Morgan fingerprint density at radius 2 is 2.05 bits per heavy atom. The molecule has 1 aromatic rings. The molecule has 112 valence electrons. The molecule has 1 aliphatic rings. The van der Waals surface area contributed by atoms with Gasteiger partial charge in [-0.1, -0.05) is 26.7 Å². The van der Waals surface area contributed by atoms with Gasteiger partial charge in [0.25, 0.3) is 5.91 Å². The SMILES string of the molecule is CCCC1CCC(NC(=O)c2n[nH]c(CC)c2N)CC1. The maximum atomic E-state index is 12.2. The summed E-state index contributed by atoms with van der Waals surface area (Å²) in [7, 11) is 0. The van der Waals surface area contributed by atoms with Gasteiger partial charge in [-0.3, -0.25) is 9.89 Å². The van der Waals surface area contributed by atoms with Gasteiger partial charge < -0.3 is 11.1 Å². The zero-order chi connectivity index (χ0) is 14.5. The highest BCUT2D eigenvalue weighted by atomic mass is 16.2. The lowest BCUT2D eigenvalue weighted by Gasteiger charge is -2.28. The lowest BCUT2D eigenvalue weighted by Crippen LogP contribution is -2.38. The van der Waals surface area contributed by atoms with E-state index in [0.717, 1.165) is 30.9 Å². The van der Waals surface area contributed by atoms with Crippen molar-refractivity contribution in [2.45, 2.75) is 64.8 Å². The first-order valence-corrected chi connectivity index (χ1v) is 7.79. The van der Waals surface area contributed by atoms with Crippen LogP contribution in [-0.2, 0) is 6.42 Å². The third-order valence-corrected chi connectivity index (χ3v) is 4.33. The molecule has 1 heterocycles. The number of amides is 1. The van der Waals surface area contributed by atoms with Gasteiger partial charge in [-0.15, -0.1) is 0 Å². The minimum atomic E-state index is -0.141. The van der Waals surface area contributed by atoms with E-state index >= 15 is 0 Å². The summed E-state index contributed by atoms with van der Waals surface area (Å²) in [5.74, 6) is 0.702. The number of carbonyl (C=O) groups excluding carboxylic acids is 1. The van der Waals surface area contributed by atoms with E-state index in [4.69, 9.17) is 5.73 Å². The van der Waals surface area contributed by atoms with Crippen molar-refractivity contribution < 1.29 is 4.79 Å². The molecule has 1 aromatic heterocycles. The summed E-state index contributed by atoms with van der Waals surface area (Å²) in [6.45, 7) is 4.22. The predicted octanol–water partition coefficient (Wildman–Crippen LogP) is 2.64. The van der Waals surface area contributed by atoms with Crippen LogP contribution in [0.2, 0.25) is 0 Å². The molecular formula is C15H26N4O. The Balaban J connectivity index is 1.87. The van der Waals surface area contributed by atoms with Crippen molar-refractivity contribution in [1.29, 1.82) is 0 Å². The zero-order valence-electron chi connectivity index (χ0n) is 12.5. The van der Waals surface area contributed by atoms with Crippen LogP contribution in [0.4, 0.5) is 5.69 Å². The van der Waals surface area contributed by atoms with Crippen LogP contribution in [0.25, 0.3) is 0 Å². The minimum absolute atomic E-state index is 0.141. The van der Waals surface area contributed by atoms with E-state index in [-0.39, 0.29) is 11.9 Å². The van der Waals surface area contributed by atoms with E-state index < -0.39 is 0 Å². The zero-order valence-corrected chi connectivity index (χ0v) is 12.5. The first-order valence-electron chi connectivity index (χ1n) is 7.79. The topological polar surface area (TPSA) is 83.8 Å². The second-order valence-corrected chi connectivity index (χ2v) is 5.80. The highest BCUT2D eigenvalue weighted by Gasteiger charge is 2.24. The van der Waals surface area contributed by atoms with E-state index in [0.29, 0.717) is 11.4 Å². The fourth-order valence-corrected chi connectivity index (χ4v) is 3.09. The smallest absolute Gasteiger partial charge is 0.274 e. The number of nitrogens with two attached hydrogens (primary N) is 1. The number of carbonyl (C=O) groups is 1. The van der Waals surface area contributed by atoms with Gasteiger partial charge in [-0.25, -0.2) is 0 Å². The Labute approximate surface area is 120 Å². The number of H-pyrrole nitrogens is 1. The Hall–Kier alpha value is -1.52. The van der Waals surface area contributed by atoms with Crippen molar-refractivity contribution in [1.82, 2.24) is 15.5 Å². The molecule has 0 aliphatic heterocycles. The Morgan fingerprint density at radius 1 is 1.35 bits per heavy atom. The van der Waals surface area contributed by atoms with Crippen molar-refractivity contribution >= 4 is 11.6 Å². The number of hydrogen-bond donors (Lipinski definition) is 3. The molecule has 0 bridgehead atoms. The molecule has 1 fully saturated rings. The molecule has 1 aliphatic carbocycles. The number of nitrogen functional groups attached to an aromatic ring is 1. The molecule has 0 atom stereocenters. The van der Waals surface area contributed by atoms with Crippen LogP contribution in [0.3, 0.4) is 0 Å². The molecule has 0 saturated heterocycles. The van der Waals surface area contributed by atoms with Crippen LogP contribution in [0, 0.1) is 5.92 Å². The number of hydrogen-bond acceptors (Lipinski definition) is 3. The molecular weight excluding hydrogens is 252 g/mol. The Kier molecular flexibility index (Phi) is 5.04. The van der Waals surface area contributed by atoms with Crippen molar-refractivity contribution in [3.05, 3.63) is 11.4 Å². The van der Waals surface area contributed by atoms with Crippen LogP contribution in [0.1, 0.15) is 68.6 Å². The maximum Gasteiger partial charge on any atom is 0.274 e. The van der Waals surface area contributed by atoms with Gasteiger partial charge in [0, 0.05) is 6.04 Å². The van der Waals surface area contributed by atoms with Gasteiger partial charge in [-0.05, 0) is 38.0 Å². The molecule has 0 unspecified atom stereocenters. The molecule has 0 aromatic carbocycles. The molecule has 1 amide bonds. The van der Waals surface area contributed by atoms with Crippen molar-refractivity contribution in [3.63, 3.8) is 0 Å². The fourth-order valence-electron chi connectivity index (χ4n) is 3.09. The Bertz CT molecular complexity index is 447. The molecule has 0 spiro atoms. The monoisotopic (exact) mass is 278 g/mol. The van der Waals surface area contributed by atoms with Crippen molar-refractivity contribution in [2.24, 2.45) is 5.92 Å². The number of aromatic nitrogens is 2. The third kappa shape index (κ3) is 3.32. The van der Waals surface area contributed by atoms with Crippen LogP contribution in [-0.4, -0.2) is 22.1 Å². The third-order valence-electron chi connectivity index (χ3n) is 4.33. The Morgan fingerprint density at radius 3 is 2.60 bits per heavy atom. The van der Waals surface area contributed by atoms with Crippen LogP contribution in [0.5, 0.6) is 0 Å². The summed E-state index contributed by atoms with van der Waals surface area (Å²) >= 11 is 0. The summed E-state index contributed by atoms with van der Waals surface area (Å²) in [5, 5.41) is 9.94. The number of aryl methyl sites for hydroxylation is 1. The van der Waals surface area contributed by atoms with Gasteiger partial charge in [0.2, 0.25) is 0 Å². The van der Waals surface area contributed by atoms with Crippen LogP contribution < -0.4 is 11.1 Å². The molecule has 20 heavy (non-hydrogen) atoms. The second-order valence-electron chi connectivity index (χ2n) is 5.80. The van der Waals surface area contributed by atoms with Gasteiger partial charge >= 0.3 is 0 Å². The van der Waals surface area contributed by atoms with Gasteiger partial charge in [0.1, 0.15) is 0 Å². The quantitative estimate of drug-likeness (QED) is 0.774. The summed E-state index contributed by atoms with van der Waals surface area (Å²) in [6, 6.07) is 0.275. The van der Waals surface area contributed by atoms with E-state index in [1.54, 1.807) is 0 Å². The summed E-state index contributed by atoms with van der Waals surface area (Å²) in [5.41, 5.74) is 7.60. The van der Waals surface area contributed by atoms with Gasteiger partial charge in [0.15, 0.2) is 5.69 Å². The molecule has 5 heteroatoms. The van der Waals surface area contributed by atoms with Crippen LogP contribution >= 0.6 is 0 Å². The van der Waals surface area contributed by atoms with Gasteiger partial charge in [0.05, 0.1) is 11.4 Å². The standard InChI is InChI=1S/C15H26N4O/c1-3-5-10-6-8-11(9-7-10)17-15(20)14-13(16)12(4-2)18-19-14/h10-11H,3-9,16H2,1-2H3,(H,17,20)(H,18,19). The fraction of sp³-hybridized carbons (Fsp3) is 0.733. The average Bonchev–Trinajstić information content (AvgIpc) is 2.82. The number of rotatable bonds is 5. The number of nitrogens with one attached hydrogen (secondary N) is 2. The van der Waals surface area contributed by atoms with Crippen molar-refractivity contribution in [3.8, 4) is 0 Å². The highest BCUT2D eigenvalue weighted by Crippen LogP contribution is 2.28. The maximum absolute atomic E-state index is 12.2. The lowest BCUT2D eigenvalue weighted by atomic mass is 9.83. The molecule has 0 radical (unpaired) electrons. The number of aromatic amines is 1. The molecule has 5 nitrogen and oxygen atoms in total. The number of anilines is 1. The predicted molar refractivity (Wildman–Crippen MR) is 80.5 cm³/mol. The van der Waals surface area contributed by atoms with E-state index in [1.807, 2.05) is 6.92 Å².